The van der Waals surface area contributed by atoms with Crippen molar-refractivity contribution in [2.45, 2.75) is 52.0 Å². The molecule has 0 fully saturated rings. The summed E-state index contributed by atoms with van der Waals surface area (Å²) in [7, 11) is -3.66. The van der Waals surface area contributed by atoms with Gasteiger partial charge in [0.15, 0.2) is 0 Å². The zero-order valence-corrected chi connectivity index (χ0v) is 16.5. The van der Waals surface area contributed by atoms with Gasteiger partial charge in [-0.1, -0.05) is 23.8 Å². The van der Waals surface area contributed by atoms with Gasteiger partial charge < -0.3 is 0 Å². The predicted octanol–water partition coefficient (Wildman–Crippen LogP) is 5.00. The molecule has 0 saturated carbocycles. The summed E-state index contributed by atoms with van der Waals surface area (Å²) >= 11 is 0. The van der Waals surface area contributed by atoms with E-state index in [0.717, 1.165) is 28.0 Å². The molecule has 0 radical (unpaired) electrons. The molecular formula is C21H25NO2S. The third kappa shape index (κ3) is 2.89. The van der Waals surface area contributed by atoms with Crippen LogP contribution >= 0.6 is 0 Å². The fourth-order valence-corrected chi connectivity index (χ4v) is 5.29. The summed E-state index contributed by atoms with van der Waals surface area (Å²) < 4.78 is 28.5. The lowest BCUT2D eigenvalue weighted by Gasteiger charge is -2.42. The molecule has 1 heterocycles. The van der Waals surface area contributed by atoms with Crippen LogP contribution in [-0.2, 0) is 10.0 Å². The lowest BCUT2D eigenvalue weighted by molar-refractivity contribution is 0.561. The molecule has 25 heavy (non-hydrogen) atoms. The molecule has 3 rings (SSSR count). The van der Waals surface area contributed by atoms with E-state index in [2.05, 4.69) is 13.0 Å². The summed E-state index contributed by atoms with van der Waals surface area (Å²) in [6.07, 6.45) is 2.04. The largest absolute Gasteiger partial charge is 0.265 e. The highest BCUT2D eigenvalue weighted by molar-refractivity contribution is 7.93. The first kappa shape index (κ1) is 17.7. The van der Waals surface area contributed by atoms with Crippen LogP contribution in [0.4, 0.5) is 5.69 Å². The molecule has 1 aliphatic heterocycles. The average Bonchev–Trinajstić information content (AvgIpc) is 2.49. The Labute approximate surface area is 151 Å². The summed E-state index contributed by atoms with van der Waals surface area (Å²) in [4.78, 5) is 0.323. The minimum absolute atomic E-state index is 0.323. The fraction of sp³-hybridized carbons (Fsp3) is 0.333. The van der Waals surface area contributed by atoms with Crippen LogP contribution in [0.15, 0.2) is 47.4 Å². The Hall–Kier alpha value is -2.07. The van der Waals surface area contributed by atoms with Crippen molar-refractivity contribution in [3.8, 4) is 0 Å². The first-order valence-corrected chi connectivity index (χ1v) is 9.91. The van der Waals surface area contributed by atoms with E-state index in [-0.39, 0.29) is 0 Å². The first-order valence-electron chi connectivity index (χ1n) is 8.47. The van der Waals surface area contributed by atoms with Gasteiger partial charge in [-0.2, -0.15) is 0 Å². The van der Waals surface area contributed by atoms with Gasteiger partial charge in [0.2, 0.25) is 0 Å². The molecule has 2 aromatic carbocycles. The minimum Gasteiger partial charge on any atom is -0.256 e. The standard InChI is InChI=1S/C21H25NO2S/c1-14-7-9-18(10-8-14)25(23,24)22-20-12-16(3)15(2)11-19(20)17(4)13-21(22,5)6/h7-13H,1-6H3. The second kappa shape index (κ2) is 5.73. The number of hydrogen-bond acceptors (Lipinski definition) is 2. The average molecular weight is 356 g/mol. The normalized spacial score (nSPS) is 16.4. The lowest BCUT2D eigenvalue weighted by Crippen LogP contribution is -2.48. The number of rotatable bonds is 2. The van der Waals surface area contributed by atoms with Crippen LogP contribution in [0, 0.1) is 20.8 Å². The Morgan fingerprint density at radius 3 is 2.04 bits per heavy atom. The van der Waals surface area contributed by atoms with Crippen molar-refractivity contribution in [3.63, 3.8) is 0 Å². The first-order chi connectivity index (χ1) is 11.5. The molecule has 1 aliphatic rings. The molecule has 2 aromatic rings. The van der Waals surface area contributed by atoms with Crippen molar-refractivity contribution in [1.29, 1.82) is 0 Å². The second-order valence-corrected chi connectivity index (χ2v) is 9.30. The van der Waals surface area contributed by atoms with Gasteiger partial charge in [-0.25, -0.2) is 8.42 Å². The van der Waals surface area contributed by atoms with E-state index in [9.17, 15) is 8.42 Å². The number of hydrogen-bond donors (Lipinski definition) is 0. The molecule has 0 bridgehead atoms. The molecule has 0 aromatic heterocycles. The van der Waals surface area contributed by atoms with Gasteiger partial charge in [-0.15, -0.1) is 0 Å². The maximum Gasteiger partial charge on any atom is 0.265 e. The van der Waals surface area contributed by atoms with E-state index in [1.165, 1.54) is 5.56 Å². The van der Waals surface area contributed by atoms with E-state index in [1.807, 2.05) is 58.9 Å². The van der Waals surface area contributed by atoms with Gasteiger partial charge in [0, 0.05) is 5.56 Å². The Balaban J connectivity index is 2.28. The Bertz CT molecular complexity index is 968. The van der Waals surface area contributed by atoms with Crippen LogP contribution in [0.2, 0.25) is 0 Å². The molecule has 0 aliphatic carbocycles. The van der Waals surface area contributed by atoms with Gasteiger partial charge in [-0.05, 0) is 82.5 Å². The topological polar surface area (TPSA) is 37.4 Å². The van der Waals surface area contributed by atoms with Crippen molar-refractivity contribution < 1.29 is 8.42 Å². The van der Waals surface area contributed by atoms with Gasteiger partial charge in [-0.3, -0.25) is 4.31 Å². The van der Waals surface area contributed by atoms with E-state index in [4.69, 9.17) is 0 Å². The van der Waals surface area contributed by atoms with Gasteiger partial charge in [0.25, 0.3) is 10.0 Å². The summed E-state index contributed by atoms with van der Waals surface area (Å²) in [5, 5.41) is 0. The van der Waals surface area contributed by atoms with Crippen LogP contribution in [0.3, 0.4) is 0 Å². The highest BCUT2D eigenvalue weighted by atomic mass is 32.2. The van der Waals surface area contributed by atoms with E-state index < -0.39 is 15.6 Å². The third-order valence-electron chi connectivity index (χ3n) is 4.91. The highest BCUT2D eigenvalue weighted by Gasteiger charge is 2.40. The summed E-state index contributed by atoms with van der Waals surface area (Å²) in [5.74, 6) is 0. The van der Waals surface area contributed by atoms with E-state index in [0.29, 0.717) is 4.90 Å². The molecule has 0 unspecified atom stereocenters. The molecule has 0 spiro atoms. The fourth-order valence-electron chi connectivity index (χ4n) is 3.52. The van der Waals surface area contributed by atoms with E-state index in [1.54, 1.807) is 16.4 Å². The van der Waals surface area contributed by atoms with Crippen molar-refractivity contribution in [3.05, 3.63) is 64.7 Å². The maximum atomic E-state index is 13.5. The van der Waals surface area contributed by atoms with E-state index >= 15 is 0 Å². The molecule has 0 saturated heterocycles. The smallest absolute Gasteiger partial charge is 0.256 e. The van der Waals surface area contributed by atoms with Crippen molar-refractivity contribution in [1.82, 2.24) is 0 Å². The summed E-state index contributed by atoms with van der Waals surface area (Å²) in [5.41, 5.74) is 5.51. The molecule has 0 atom stereocenters. The van der Waals surface area contributed by atoms with Crippen molar-refractivity contribution >= 4 is 21.3 Å². The quantitative estimate of drug-likeness (QED) is 0.760. The minimum atomic E-state index is -3.66. The predicted molar refractivity (Wildman–Crippen MR) is 104 cm³/mol. The van der Waals surface area contributed by atoms with Crippen LogP contribution < -0.4 is 4.31 Å². The molecule has 4 heteroatoms. The number of allylic oxidation sites excluding steroid dienone is 1. The number of anilines is 1. The highest BCUT2D eigenvalue weighted by Crippen LogP contribution is 2.43. The Morgan fingerprint density at radius 1 is 0.880 bits per heavy atom. The summed E-state index contributed by atoms with van der Waals surface area (Å²) in [6, 6.07) is 11.1. The number of aryl methyl sites for hydroxylation is 3. The maximum absolute atomic E-state index is 13.5. The molecule has 0 N–H and O–H groups in total. The van der Waals surface area contributed by atoms with Crippen molar-refractivity contribution in [2.75, 3.05) is 4.31 Å². The Morgan fingerprint density at radius 2 is 1.44 bits per heavy atom. The van der Waals surface area contributed by atoms with Gasteiger partial charge in [0.1, 0.15) is 0 Å². The van der Waals surface area contributed by atoms with Crippen LogP contribution in [0.5, 0.6) is 0 Å². The zero-order valence-electron chi connectivity index (χ0n) is 15.7. The lowest BCUT2D eigenvalue weighted by atomic mass is 9.89. The van der Waals surface area contributed by atoms with Crippen LogP contribution in [0.1, 0.15) is 43.0 Å². The van der Waals surface area contributed by atoms with Gasteiger partial charge in [0.05, 0.1) is 16.1 Å². The SMILES string of the molecule is CC1=CC(C)(C)N(S(=O)(=O)c2ccc(C)cc2)c2cc(C)c(C)cc21. The van der Waals surface area contributed by atoms with Crippen LogP contribution in [-0.4, -0.2) is 14.0 Å². The number of fused-ring (bicyclic) bond motifs is 1. The number of sulfonamides is 1. The summed E-state index contributed by atoms with van der Waals surface area (Å²) in [6.45, 7) is 12.0. The Kier molecular flexibility index (Phi) is 4.07. The zero-order chi connectivity index (χ0) is 18.6. The number of benzene rings is 2. The van der Waals surface area contributed by atoms with Crippen LogP contribution in [0.25, 0.3) is 5.57 Å². The second-order valence-electron chi connectivity index (χ2n) is 7.52. The number of nitrogens with zero attached hydrogens (tertiary/aromatic N) is 1. The molecule has 132 valence electrons. The molecule has 3 nitrogen and oxygen atoms in total. The third-order valence-corrected chi connectivity index (χ3v) is 6.92. The monoisotopic (exact) mass is 355 g/mol. The van der Waals surface area contributed by atoms with Crippen molar-refractivity contribution in [2.24, 2.45) is 0 Å². The molecular weight excluding hydrogens is 330 g/mol. The van der Waals surface area contributed by atoms with Gasteiger partial charge >= 0.3 is 0 Å². The molecule has 0 amide bonds.